The van der Waals surface area contributed by atoms with Crippen LogP contribution in [0.25, 0.3) is 6.08 Å². The van der Waals surface area contributed by atoms with Crippen LogP contribution in [0.1, 0.15) is 41.7 Å². The SMILES string of the molecule is CCCCc1ncc(/C=C(/Cc2cccs2)C(=O)O)n1Cc1ccccc1Cl. The molecule has 0 unspecified atom stereocenters. The van der Waals surface area contributed by atoms with Gasteiger partial charge >= 0.3 is 5.97 Å². The zero-order valence-corrected chi connectivity index (χ0v) is 17.3. The molecule has 3 rings (SSSR count). The fraction of sp³-hybridized carbons (Fsp3) is 0.273. The second kappa shape index (κ2) is 9.71. The Labute approximate surface area is 174 Å². The number of benzene rings is 1. The van der Waals surface area contributed by atoms with Crippen LogP contribution in [0.2, 0.25) is 5.02 Å². The van der Waals surface area contributed by atoms with E-state index in [1.165, 1.54) is 0 Å². The number of thiophene rings is 1. The quantitative estimate of drug-likeness (QED) is 0.457. The number of rotatable bonds is 9. The number of aryl methyl sites for hydroxylation is 1. The van der Waals surface area contributed by atoms with Gasteiger partial charge in [-0.15, -0.1) is 11.3 Å². The molecule has 0 bridgehead atoms. The van der Waals surface area contributed by atoms with E-state index < -0.39 is 5.97 Å². The van der Waals surface area contributed by atoms with Gasteiger partial charge in [0.1, 0.15) is 5.82 Å². The second-order valence-electron chi connectivity index (χ2n) is 6.61. The molecule has 0 radical (unpaired) electrons. The average Bonchev–Trinajstić information content (AvgIpc) is 3.32. The van der Waals surface area contributed by atoms with Crippen LogP contribution in [0.3, 0.4) is 0 Å². The van der Waals surface area contributed by atoms with E-state index >= 15 is 0 Å². The lowest BCUT2D eigenvalue weighted by Gasteiger charge is -2.12. The molecule has 0 aliphatic heterocycles. The smallest absolute Gasteiger partial charge is 0.332 e. The van der Waals surface area contributed by atoms with E-state index in [1.807, 2.05) is 41.8 Å². The van der Waals surface area contributed by atoms with Crippen molar-refractivity contribution in [3.05, 3.63) is 80.5 Å². The minimum Gasteiger partial charge on any atom is -0.478 e. The lowest BCUT2D eigenvalue weighted by molar-refractivity contribution is -0.132. The monoisotopic (exact) mass is 414 g/mol. The van der Waals surface area contributed by atoms with Crippen LogP contribution >= 0.6 is 22.9 Å². The Kier molecular flexibility index (Phi) is 7.06. The van der Waals surface area contributed by atoms with Gasteiger partial charge in [-0.05, 0) is 35.6 Å². The highest BCUT2D eigenvalue weighted by Gasteiger charge is 2.15. The van der Waals surface area contributed by atoms with Crippen LogP contribution in [0, 0.1) is 0 Å². The van der Waals surface area contributed by atoms with E-state index in [4.69, 9.17) is 11.6 Å². The van der Waals surface area contributed by atoms with Gasteiger partial charge in [-0.2, -0.15) is 0 Å². The standard InChI is InChI=1S/C22H23ClN2O2S/c1-2-3-10-21-24-14-18(25(21)15-16-7-4-5-9-20(16)23)12-17(22(26)27)13-19-8-6-11-28-19/h4-9,11-12,14H,2-3,10,13,15H2,1H3,(H,26,27)/b17-12-. The van der Waals surface area contributed by atoms with Gasteiger partial charge in [-0.3, -0.25) is 0 Å². The van der Waals surface area contributed by atoms with Crippen LogP contribution < -0.4 is 0 Å². The van der Waals surface area contributed by atoms with Gasteiger partial charge in [0.2, 0.25) is 0 Å². The van der Waals surface area contributed by atoms with Crippen LogP contribution in [0.15, 0.2) is 53.5 Å². The molecule has 0 saturated heterocycles. The fourth-order valence-electron chi connectivity index (χ4n) is 3.03. The molecule has 0 aliphatic carbocycles. The molecule has 146 valence electrons. The number of aromatic nitrogens is 2. The summed E-state index contributed by atoms with van der Waals surface area (Å²) in [6.07, 6.45) is 6.85. The Balaban J connectivity index is 1.97. The zero-order chi connectivity index (χ0) is 19.9. The highest BCUT2D eigenvalue weighted by molar-refractivity contribution is 7.09. The summed E-state index contributed by atoms with van der Waals surface area (Å²) in [4.78, 5) is 17.4. The average molecular weight is 415 g/mol. The maximum atomic E-state index is 11.8. The van der Waals surface area contributed by atoms with Crippen LogP contribution in [-0.2, 0) is 24.2 Å². The Morgan fingerprint density at radius 2 is 2.11 bits per heavy atom. The third-order valence-corrected chi connectivity index (χ3v) is 5.80. The molecule has 1 aromatic carbocycles. The summed E-state index contributed by atoms with van der Waals surface area (Å²) in [6.45, 7) is 2.71. The predicted molar refractivity (Wildman–Crippen MR) is 115 cm³/mol. The number of carbonyl (C=O) groups is 1. The summed E-state index contributed by atoms with van der Waals surface area (Å²) >= 11 is 7.92. The molecular weight excluding hydrogens is 392 g/mol. The predicted octanol–water partition coefficient (Wildman–Crippen LogP) is 5.70. The number of hydrogen-bond donors (Lipinski definition) is 1. The first-order chi connectivity index (χ1) is 13.6. The molecular formula is C22H23ClN2O2S. The highest BCUT2D eigenvalue weighted by Crippen LogP contribution is 2.22. The van der Waals surface area contributed by atoms with Crippen molar-refractivity contribution in [2.24, 2.45) is 0 Å². The van der Waals surface area contributed by atoms with Crippen LogP contribution in [0.4, 0.5) is 0 Å². The Hall–Kier alpha value is -2.37. The fourth-order valence-corrected chi connectivity index (χ4v) is 3.95. The lowest BCUT2D eigenvalue weighted by Crippen LogP contribution is -2.09. The molecule has 2 aromatic heterocycles. The van der Waals surface area contributed by atoms with Gasteiger partial charge < -0.3 is 9.67 Å². The van der Waals surface area contributed by atoms with Crippen molar-refractivity contribution >= 4 is 35.0 Å². The van der Waals surface area contributed by atoms with Crippen molar-refractivity contribution in [2.75, 3.05) is 0 Å². The first kappa shape index (κ1) is 20.4. The molecule has 0 amide bonds. The van der Waals surface area contributed by atoms with Gasteiger partial charge in [-0.1, -0.05) is 49.2 Å². The third-order valence-electron chi connectivity index (χ3n) is 4.55. The van der Waals surface area contributed by atoms with Crippen LogP contribution in [-0.4, -0.2) is 20.6 Å². The molecule has 0 atom stereocenters. The number of halogens is 1. The molecule has 4 nitrogen and oxygen atoms in total. The maximum Gasteiger partial charge on any atom is 0.332 e. The van der Waals surface area contributed by atoms with E-state index in [9.17, 15) is 9.90 Å². The Morgan fingerprint density at radius 3 is 2.79 bits per heavy atom. The molecule has 2 heterocycles. The molecule has 1 N–H and O–H groups in total. The number of nitrogens with zero attached hydrogens (tertiary/aromatic N) is 2. The minimum atomic E-state index is -0.908. The van der Waals surface area contributed by atoms with Gasteiger partial charge in [0.15, 0.2) is 0 Å². The summed E-state index contributed by atoms with van der Waals surface area (Å²) < 4.78 is 2.08. The van der Waals surface area contributed by atoms with Crippen molar-refractivity contribution in [2.45, 2.75) is 39.2 Å². The summed E-state index contributed by atoms with van der Waals surface area (Å²) in [5, 5.41) is 12.3. The molecule has 0 saturated carbocycles. The third kappa shape index (κ3) is 5.12. The van der Waals surface area contributed by atoms with Crippen molar-refractivity contribution in [1.82, 2.24) is 9.55 Å². The number of unbranched alkanes of at least 4 members (excludes halogenated alkanes) is 1. The Bertz CT molecular complexity index is 961. The van der Waals surface area contributed by atoms with Gasteiger partial charge in [0.25, 0.3) is 0 Å². The maximum absolute atomic E-state index is 11.8. The molecule has 28 heavy (non-hydrogen) atoms. The van der Waals surface area contributed by atoms with E-state index in [0.717, 1.165) is 41.2 Å². The first-order valence-corrected chi connectivity index (χ1v) is 10.6. The minimum absolute atomic E-state index is 0.352. The van der Waals surface area contributed by atoms with Gasteiger partial charge in [-0.25, -0.2) is 9.78 Å². The first-order valence-electron chi connectivity index (χ1n) is 9.32. The molecule has 0 fully saturated rings. The number of carboxylic acids is 1. The highest BCUT2D eigenvalue weighted by atomic mass is 35.5. The molecule has 6 heteroatoms. The normalized spacial score (nSPS) is 11.7. The van der Waals surface area contributed by atoms with Crippen molar-refractivity contribution in [1.29, 1.82) is 0 Å². The van der Waals surface area contributed by atoms with Crippen molar-refractivity contribution < 1.29 is 9.90 Å². The van der Waals surface area contributed by atoms with Crippen molar-refractivity contribution in [3.63, 3.8) is 0 Å². The number of hydrogen-bond acceptors (Lipinski definition) is 3. The molecule has 3 aromatic rings. The van der Waals surface area contributed by atoms with E-state index in [2.05, 4.69) is 16.5 Å². The summed E-state index contributed by atoms with van der Waals surface area (Å²) in [5.41, 5.74) is 2.13. The second-order valence-corrected chi connectivity index (χ2v) is 8.05. The largest absolute Gasteiger partial charge is 0.478 e. The van der Waals surface area contributed by atoms with Gasteiger partial charge in [0, 0.05) is 28.3 Å². The summed E-state index contributed by atoms with van der Waals surface area (Å²) in [6, 6.07) is 11.6. The molecule has 0 spiro atoms. The van der Waals surface area contributed by atoms with Gasteiger partial charge in [0.05, 0.1) is 18.4 Å². The number of carboxylic acid groups (broad SMARTS) is 1. The van der Waals surface area contributed by atoms with Crippen molar-refractivity contribution in [3.8, 4) is 0 Å². The summed E-state index contributed by atoms with van der Waals surface area (Å²) in [5.74, 6) is 0.0443. The lowest BCUT2D eigenvalue weighted by atomic mass is 10.1. The number of aliphatic carboxylic acids is 1. The van der Waals surface area contributed by atoms with E-state index in [1.54, 1.807) is 23.6 Å². The Morgan fingerprint density at radius 1 is 1.29 bits per heavy atom. The molecule has 0 aliphatic rings. The number of imidazole rings is 1. The topological polar surface area (TPSA) is 55.1 Å². The van der Waals surface area contributed by atoms with Crippen LogP contribution in [0.5, 0.6) is 0 Å². The van der Waals surface area contributed by atoms with E-state index in [0.29, 0.717) is 23.6 Å². The van der Waals surface area contributed by atoms with E-state index in [-0.39, 0.29) is 0 Å². The zero-order valence-electron chi connectivity index (χ0n) is 15.8. The summed E-state index contributed by atoms with van der Waals surface area (Å²) in [7, 11) is 0.